The van der Waals surface area contributed by atoms with Crippen LogP contribution in [0, 0.1) is 0 Å². The molecule has 1 heterocycles. The number of amides is 2. The molecule has 0 radical (unpaired) electrons. The molecule has 2 amide bonds. The Bertz CT molecular complexity index is 1100. The van der Waals surface area contributed by atoms with Gasteiger partial charge in [0.25, 0.3) is 0 Å². The number of hydrogen-bond acceptors (Lipinski definition) is 5. The Hall–Kier alpha value is -3.32. The van der Waals surface area contributed by atoms with E-state index in [0.29, 0.717) is 46.4 Å². The molecule has 0 bridgehead atoms. The second-order valence-electron chi connectivity index (χ2n) is 7.22. The number of rotatable bonds is 6. The van der Waals surface area contributed by atoms with E-state index in [1.54, 1.807) is 36.4 Å². The average Bonchev–Trinajstić information content (AvgIpc) is 3.39. The molecule has 2 N–H and O–H groups in total. The molecule has 0 aliphatic heterocycles. The minimum absolute atomic E-state index is 0.197. The number of hydrogen-bond donors (Lipinski definition) is 2. The van der Waals surface area contributed by atoms with Crippen molar-refractivity contribution in [3.05, 3.63) is 59.2 Å². The Morgan fingerprint density at radius 1 is 1.10 bits per heavy atom. The molecule has 7 nitrogen and oxygen atoms in total. The molecular formula is C22H20ClN3O4. The van der Waals surface area contributed by atoms with Gasteiger partial charge in [0.1, 0.15) is 5.75 Å². The zero-order valence-corrected chi connectivity index (χ0v) is 17.2. The maximum Gasteiger partial charge on any atom is 0.236 e. The lowest BCUT2D eigenvalue weighted by Gasteiger charge is -2.16. The molecule has 1 aliphatic carbocycles. The van der Waals surface area contributed by atoms with Crippen LogP contribution in [0.2, 0.25) is 5.02 Å². The topological polar surface area (TPSA) is 93.5 Å². The van der Waals surface area contributed by atoms with Crippen molar-refractivity contribution in [2.45, 2.75) is 25.2 Å². The molecule has 1 saturated carbocycles. The maximum absolute atomic E-state index is 13.1. The van der Waals surface area contributed by atoms with E-state index in [1.165, 1.54) is 14.0 Å². The summed E-state index contributed by atoms with van der Waals surface area (Å²) in [6.45, 7) is 1.42. The highest BCUT2D eigenvalue weighted by molar-refractivity contribution is 6.30. The average molecular weight is 426 g/mol. The van der Waals surface area contributed by atoms with Gasteiger partial charge >= 0.3 is 0 Å². The Balaban J connectivity index is 1.57. The molecule has 30 heavy (non-hydrogen) atoms. The normalized spacial score (nSPS) is 14.1. The van der Waals surface area contributed by atoms with Gasteiger partial charge in [-0.05, 0) is 55.3 Å². The van der Waals surface area contributed by atoms with Gasteiger partial charge in [0.2, 0.25) is 11.8 Å². The second kappa shape index (κ2) is 7.84. The molecule has 0 atom stereocenters. The largest absolute Gasteiger partial charge is 0.495 e. The number of nitrogens with one attached hydrogen (secondary N) is 2. The standard InChI is InChI=1S/C22H20ClN3O4/c1-13(27)24-16-7-8-18(29-2)17(11-16)25-21(28)22(9-10-22)20-12-19(30-26-20)14-3-5-15(23)6-4-14/h3-8,11-12H,9-10H2,1-2H3,(H,24,27)(H,25,28). The van der Waals surface area contributed by atoms with E-state index >= 15 is 0 Å². The fraction of sp³-hybridized carbons (Fsp3) is 0.227. The van der Waals surface area contributed by atoms with Crippen LogP contribution in [0.5, 0.6) is 5.75 Å². The maximum atomic E-state index is 13.1. The Labute approximate surface area is 178 Å². The van der Waals surface area contributed by atoms with Gasteiger partial charge in [-0.15, -0.1) is 0 Å². The summed E-state index contributed by atoms with van der Waals surface area (Å²) in [5.74, 6) is 0.673. The summed E-state index contributed by atoms with van der Waals surface area (Å²) < 4.78 is 10.8. The molecule has 0 spiro atoms. The van der Waals surface area contributed by atoms with E-state index < -0.39 is 5.41 Å². The van der Waals surface area contributed by atoms with Crippen LogP contribution < -0.4 is 15.4 Å². The number of ether oxygens (including phenoxy) is 1. The zero-order valence-electron chi connectivity index (χ0n) is 16.5. The first-order valence-corrected chi connectivity index (χ1v) is 9.79. The predicted molar refractivity (Wildman–Crippen MR) is 114 cm³/mol. The first kappa shape index (κ1) is 20.0. The molecule has 2 aromatic carbocycles. The Kier molecular flexibility index (Phi) is 5.22. The van der Waals surface area contributed by atoms with Crippen LogP contribution in [0.15, 0.2) is 53.1 Å². The molecule has 1 aromatic heterocycles. The molecule has 1 aliphatic rings. The van der Waals surface area contributed by atoms with E-state index in [2.05, 4.69) is 15.8 Å². The number of carbonyl (C=O) groups excluding carboxylic acids is 2. The summed E-state index contributed by atoms with van der Waals surface area (Å²) in [5, 5.41) is 10.4. The van der Waals surface area contributed by atoms with Gasteiger partial charge in [0.15, 0.2) is 5.76 Å². The highest BCUT2D eigenvalue weighted by atomic mass is 35.5. The van der Waals surface area contributed by atoms with Crippen molar-refractivity contribution in [2.24, 2.45) is 0 Å². The van der Waals surface area contributed by atoms with E-state index in [1.807, 2.05) is 12.1 Å². The van der Waals surface area contributed by atoms with E-state index in [0.717, 1.165) is 5.56 Å². The SMILES string of the molecule is COc1ccc(NC(C)=O)cc1NC(=O)C1(c2cc(-c3ccc(Cl)cc3)on2)CC1. The third kappa shape index (κ3) is 3.89. The number of methoxy groups -OCH3 is 1. The van der Waals surface area contributed by atoms with E-state index in [4.69, 9.17) is 20.9 Å². The minimum atomic E-state index is -0.747. The Morgan fingerprint density at radius 3 is 2.47 bits per heavy atom. The quantitative estimate of drug-likeness (QED) is 0.600. The highest BCUT2D eigenvalue weighted by Gasteiger charge is 2.54. The molecule has 0 unspecified atom stereocenters. The number of aromatic nitrogens is 1. The van der Waals surface area contributed by atoms with Gasteiger partial charge in [-0.3, -0.25) is 9.59 Å². The smallest absolute Gasteiger partial charge is 0.236 e. The molecule has 3 aromatic rings. The van der Waals surface area contributed by atoms with Crippen molar-refractivity contribution in [3.63, 3.8) is 0 Å². The Morgan fingerprint density at radius 2 is 1.83 bits per heavy atom. The summed E-state index contributed by atoms with van der Waals surface area (Å²) in [4.78, 5) is 24.5. The van der Waals surface area contributed by atoms with Crippen molar-refractivity contribution >= 4 is 34.8 Å². The second-order valence-corrected chi connectivity index (χ2v) is 7.65. The van der Waals surface area contributed by atoms with Crippen molar-refractivity contribution in [1.29, 1.82) is 0 Å². The molecule has 1 fully saturated rings. The molecule has 4 rings (SSSR count). The number of carbonyl (C=O) groups is 2. The highest BCUT2D eigenvalue weighted by Crippen LogP contribution is 2.49. The van der Waals surface area contributed by atoms with Crippen LogP contribution in [0.4, 0.5) is 11.4 Å². The number of benzene rings is 2. The van der Waals surface area contributed by atoms with Crippen molar-refractivity contribution in [1.82, 2.24) is 5.16 Å². The predicted octanol–water partition coefficient (Wildman–Crippen LogP) is 4.63. The van der Waals surface area contributed by atoms with E-state index in [9.17, 15) is 9.59 Å². The van der Waals surface area contributed by atoms with Gasteiger partial charge in [0, 0.05) is 29.3 Å². The van der Waals surface area contributed by atoms with Crippen LogP contribution in [-0.4, -0.2) is 24.1 Å². The first-order valence-electron chi connectivity index (χ1n) is 9.41. The van der Waals surface area contributed by atoms with Crippen LogP contribution in [0.25, 0.3) is 11.3 Å². The monoisotopic (exact) mass is 425 g/mol. The number of anilines is 2. The lowest BCUT2D eigenvalue weighted by Crippen LogP contribution is -2.28. The third-order valence-electron chi connectivity index (χ3n) is 5.08. The molecular weight excluding hydrogens is 406 g/mol. The fourth-order valence-electron chi connectivity index (χ4n) is 3.30. The lowest BCUT2D eigenvalue weighted by atomic mass is 10.00. The summed E-state index contributed by atoms with van der Waals surface area (Å²) in [6, 6.07) is 14.1. The molecule has 8 heteroatoms. The minimum Gasteiger partial charge on any atom is -0.495 e. The van der Waals surface area contributed by atoms with Crippen LogP contribution in [0.1, 0.15) is 25.5 Å². The summed E-state index contributed by atoms with van der Waals surface area (Å²) in [5.41, 5.74) is 1.71. The van der Waals surface area contributed by atoms with Gasteiger partial charge in [-0.25, -0.2) is 0 Å². The van der Waals surface area contributed by atoms with E-state index in [-0.39, 0.29) is 11.8 Å². The summed E-state index contributed by atoms with van der Waals surface area (Å²) in [6.07, 6.45) is 1.33. The van der Waals surface area contributed by atoms with Gasteiger partial charge in [-0.2, -0.15) is 0 Å². The lowest BCUT2D eigenvalue weighted by molar-refractivity contribution is -0.118. The van der Waals surface area contributed by atoms with Crippen LogP contribution >= 0.6 is 11.6 Å². The van der Waals surface area contributed by atoms with Gasteiger partial charge in [-0.1, -0.05) is 16.8 Å². The number of halogens is 1. The van der Waals surface area contributed by atoms with Crippen LogP contribution in [-0.2, 0) is 15.0 Å². The zero-order chi connectivity index (χ0) is 21.3. The third-order valence-corrected chi connectivity index (χ3v) is 5.33. The fourth-order valence-corrected chi connectivity index (χ4v) is 3.43. The van der Waals surface area contributed by atoms with Crippen molar-refractivity contribution in [2.75, 3.05) is 17.7 Å². The van der Waals surface area contributed by atoms with Crippen molar-refractivity contribution < 1.29 is 18.8 Å². The summed E-state index contributed by atoms with van der Waals surface area (Å²) in [7, 11) is 1.52. The molecule has 0 saturated heterocycles. The van der Waals surface area contributed by atoms with Crippen LogP contribution in [0.3, 0.4) is 0 Å². The number of nitrogens with zero attached hydrogens (tertiary/aromatic N) is 1. The first-order chi connectivity index (χ1) is 14.4. The van der Waals surface area contributed by atoms with Gasteiger partial charge < -0.3 is 19.9 Å². The summed E-state index contributed by atoms with van der Waals surface area (Å²) >= 11 is 5.94. The van der Waals surface area contributed by atoms with Gasteiger partial charge in [0.05, 0.1) is 23.9 Å². The van der Waals surface area contributed by atoms with Crippen molar-refractivity contribution in [3.8, 4) is 17.1 Å². The molecule has 154 valence electrons.